The number of hydrogen-bond donors (Lipinski definition) is 0. The van der Waals surface area contributed by atoms with Crippen LogP contribution in [-0.2, 0) is 14.4 Å². The van der Waals surface area contributed by atoms with E-state index in [-0.39, 0.29) is 11.8 Å². The molecule has 31 heavy (non-hydrogen) atoms. The number of carbonyl (C=O) groups is 2. The topological polar surface area (TPSA) is 59.1 Å². The van der Waals surface area contributed by atoms with Crippen LogP contribution in [0.1, 0.15) is 11.6 Å². The number of para-hydroxylation sites is 1. The Bertz CT molecular complexity index is 1120. The molecular formula is C24H19BrN2O4. The Hall–Kier alpha value is -3.16. The molecule has 0 unspecified atom stereocenters. The van der Waals surface area contributed by atoms with Gasteiger partial charge in [-0.2, -0.15) is 0 Å². The smallest absolute Gasteiger partial charge is 0.266 e. The molecule has 6 nitrogen and oxygen atoms in total. The number of rotatable bonds is 4. The van der Waals surface area contributed by atoms with Crippen molar-refractivity contribution in [2.75, 3.05) is 17.1 Å². The van der Waals surface area contributed by atoms with E-state index in [9.17, 15) is 9.59 Å². The first kappa shape index (κ1) is 19.8. The summed E-state index contributed by atoms with van der Waals surface area (Å²) in [7, 11) is 1.57. The van der Waals surface area contributed by atoms with Gasteiger partial charge in [-0.25, -0.2) is 9.96 Å². The third-order valence-corrected chi connectivity index (χ3v) is 6.20. The lowest BCUT2D eigenvalue weighted by molar-refractivity contribution is -0.126. The summed E-state index contributed by atoms with van der Waals surface area (Å²) in [5.41, 5.74) is 2.20. The molecule has 2 aliphatic heterocycles. The van der Waals surface area contributed by atoms with Crippen LogP contribution in [0, 0.1) is 5.92 Å². The zero-order valence-corrected chi connectivity index (χ0v) is 18.2. The average molecular weight is 479 g/mol. The van der Waals surface area contributed by atoms with Gasteiger partial charge in [0.1, 0.15) is 11.7 Å². The molecule has 0 N–H and O–H groups in total. The monoisotopic (exact) mass is 478 g/mol. The third-order valence-electron chi connectivity index (χ3n) is 5.67. The van der Waals surface area contributed by atoms with E-state index in [2.05, 4.69) is 15.9 Å². The first-order valence-electron chi connectivity index (χ1n) is 9.87. The molecular weight excluding hydrogens is 460 g/mol. The molecule has 2 fully saturated rings. The van der Waals surface area contributed by atoms with Crippen LogP contribution in [0.3, 0.4) is 0 Å². The van der Waals surface area contributed by atoms with Crippen molar-refractivity contribution >= 4 is 39.1 Å². The summed E-state index contributed by atoms with van der Waals surface area (Å²) in [6.45, 7) is 0. The molecule has 0 radical (unpaired) electrons. The highest BCUT2D eigenvalue weighted by atomic mass is 79.9. The quantitative estimate of drug-likeness (QED) is 0.516. The molecule has 0 bridgehead atoms. The Morgan fingerprint density at radius 1 is 0.839 bits per heavy atom. The number of ether oxygens (including phenoxy) is 1. The fourth-order valence-corrected chi connectivity index (χ4v) is 4.46. The summed E-state index contributed by atoms with van der Waals surface area (Å²) >= 11 is 3.46. The molecule has 0 aliphatic carbocycles. The fraction of sp³-hybridized carbons (Fsp3) is 0.167. The van der Waals surface area contributed by atoms with Gasteiger partial charge in [-0.15, -0.1) is 0 Å². The van der Waals surface area contributed by atoms with Gasteiger partial charge in [-0.1, -0.05) is 46.3 Å². The van der Waals surface area contributed by atoms with Crippen LogP contribution in [0.15, 0.2) is 83.3 Å². The lowest BCUT2D eigenvalue weighted by Crippen LogP contribution is -2.37. The van der Waals surface area contributed by atoms with E-state index in [1.54, 1.807) is 36.4 Å². The standard InChI is InChI=1S/C24H19BrN2O4/c1-30-19-13-11-17(12-14-19)26-23(28)20-21(15-7-9-16(25)10-8-15)27(31-22(20)24(26)29)18-5-3-2-4-6-18/h2-14,20-22H,1H3/t20-,21+,22-/m0/s1. The summed E-state index contributed by atoms with van der Waals surface area (Å²) in [4.78, 5) is 34.2. The normalized spacial score (nSPS) is 22.7. The van der Waals surface area contributed by atoms with Crippen LogP contribution >= 0.6 is 15.9 Å². The Morgan fingerprint density at radius 2 is 1.52 bits per heavy atom. The van der Waals surface area contributed by atoms with Gasteiger partial charge in [0, 0.05) is 4.47 Å². The molecule has 3 atom stereocenters. The number of benzene rings is 3. The lowest BCUT2D eigenvalue weighted by Gasteiger charge is -2.28. The Kier molecular flexibility index (Phi) is 5.00. The molecule has 3 aromatic carbocycles. The maximum atomic E-state index is 13.5. The van der Waals surface area contributed by atoms with Gasteiger partial charge >= 0.3 is 0 Å². The Labute approximate surface area is 188 Å². The zero-order chi connectivity index (χ0) is 21.5. The number of hydroxylamine groups is 1. The van der Waals surface area contributed by atoms with E-state index in [0.29, 0.717) is 11.4 Å². The highest BCUT2D eigenvalue weighted by Gasteiger charge is 2.60. The second-order valence-corrected chi connectivity index (χ2v) is 8.34. The molecule has 7 heteroatoms. The molecule has 156 valence electrons. The van der Waals surface area contributed by atoms with Crippen molar-refractivity contribution < 1.29 is 19.2 Å². The van der Waals surface area contributed by atoms with Gasteiger partial charge in [-0.3, -0.25) is 14.4 Å². The van der Waals surface area contributed by atoms with Crippen molar-refractivity contribution in [3.8, 4) is 5.75 Å². The second-order valence-electron chi connectivity index (χ2n) is 7.42. The maximum Gasteiger partial charge on any atom is 0.266 e. The van der Waals surface area contributed by atoms with Gasteiger partial charge in [0.15, 0.2) is 6.10 Å². The molecule has 0 spiro atoms. The van der Waals surface area contributed by atoms with Crippen molar-refractivity contribution in [1.29, 1.82) is 0 Å². The molecule has 0 aromatic heterocycles. The minimum absolute atomic E-state index is 0.272. The van der Waals surface area contributed by atoms with Gasteiger partial charge in [-0.05, 0) is 54.1 Å². The average Bonchev–Trinajstić information content (AvgIpc) is 3.31. The summed E-state index contributed by atoms with van der Waals surface area (Å²) < 4.78 is 6.12. The first-order valence-corrected chi connectivity index (χ1v) is 10.7. The van der Waals surface area contributed by atoms with Crippen LogP contribution < -0.4 is 14.7 Å². The van der Waals surface area contributed by atoms with Crippen molar-refractivity contribution in [1.82, 2.24) is 0 Å². The number of fused-ring (bicyclic) bond motifs is 1. The Balaban J connectivity index is 1.56. The summed E-state index contributed by atoms with van der Waals surface area (Å²) in [5, 5.41) is 1.69. The highest BCUT2D eigenvalue weighted by Crippen LogP contribution is 2.47. The predicted molar refractivity (Wildman–Crippen MR) is 120 cm³/mol. The largest absolute Gasteiger partial charge is 0.497 e. The summed E-state index contributed by atoms with van der Waals surface area (Å²) in [6, 6.07) is 23.7. The van der Waals surface area contributed by atoms with Crippen molar-refractivity contribution in [3.05, 3.63) is 88.9 Å². The van der Waals surface area contributed by atoms with Crippen LogP contribution in [0.2, 0.25) is 0 Å². The van der Waals surface area contributed by atoms with E-state index < -0.39 is 18.1 Å². The fourth-order valence-electron chi connectivity index (χ4n) is 4.20. The molecule has 0 saturated carbocycles. The first-order chi connectivity index (χ1) is 15.1. The molecule has 2 saturated heterocycles. The lowest BCUT2D eigenvalue weighted by atomic mass is 9.90. The van der Waals surface area contributed by atoms with Crippen molar-refractivity contribution in [3.63, 3.8) is 0 Å². The molecule has 2 heterocycles. The maximum absolute atomic E-state index is 13.5. The second kappa shape index (κ2) is 7.83. The van der Waals surface area contributed by atoms with Crippen LogP contribution in [0.25, 0.3) is 0 Å². The summed E-state index contributed by atoms with van der Waals surface area (Å²) in [6.07, 6.45) is -0.886. The number of hydrogen-bond acceptors (Lipinski definition) is 5. The third kappa shape index (κ3) is 3.30. The van der Waals surface area contributed by atoms with E-state index >= 15 is 0 Å². The van der Waals surface area contributed by atoms with Gasteiger partial charge in [0.25, 0.3) is 5.91 Å². The number of methoxy groups -OCH3 is 1. The SMILES string of the molecule is COc1ccc(N2C(=O)[C@@H]3[C@H](ON(c4ccccc4)[C@@H]3c3ccc(Br)cc3)C2=O)cc1. The van der Waals surface area contributed by atoms with Crippen molar-refractivity contribution in [2.45, 2.75) is 12.1 Å². The predicted octanol–water partition coefficient (Wildman–Crippen LogP) is 4.51. The number of carbonyl (C=O) groups excluding carboxylic acids is 2. The van der Waals surface area contributed by atoms with E-state index in [4.69, 9.17) is 9.57 Å². The molecule has 2 aliphatic rings. The van der Waals surface area contributed by atoms with Crippen LogP contribution in [0.4, 0.5) is 11.4 Å². The molecule has 2 amide bonds. The van der Waals surface area contributed by atoms with E-state index in [1.165, 1.54) is 4.90 Å². The number of anilines is 2. The minimum atomic E-state index is -0.886. The number of imide groups is 1. The van der Waals surface area contributed by atoms with E-state index in [0.717, 1.165) is 15.7 Å². The molecule has 5 rings (SSSR count). The van der Waals surface area contributed by atoms with Crippen LogP contribution in [0.5, 0.6) is 5.75 Å². The van der Waals surface area contributed by atoms with Gasteiger partial charge in [0.05, 0.1) is 24.5 Å². The Morgan fingerprint density at radius 3 is 2.16 bits per heavy atom. The number of halogens is 1. The highest BCUT2D eigenvalue weighted by molar-refractivity contribution is 9.10. The van der Waals surface area contributed by atoms with Gasteiger partial charge in [0.2, 0.25) is 5.91 Å². The molecule has 3 aromatic rings. The van der Waals surface area contributed by atoms with Crippen molar-refractivity contribution in [2.24, 2.45) is 5.92 Å². The number of amides is 2. The zero-order valence-electron chi connectivity index (χ0n) is 16.6. The number of nitrogens with zero attached hydrogens (tertiary/aromatic N) is 2. The van der Waals surface area contributed by atoms with Crippen LogP contribution in [-0.4, -0.2) is 25.0 Å². The van der Waals surface area contributed by atoms with E-state index in [1.807, 2.05) is 54.6 Å². The minimum Gasteiger partial charge on any atom is -0.497 e. The summed E-state index contributed by atoms with van der Waals surface area (Å²) in [5.74, 6) is -0.634. The van der Waals surface area contributed by atoms with Gasteiger partial charge < -0.3 is 4.74 Å².